The highest BCUT2D eigenvalue weighted by Gasteiger charge is 2.33. The highest BCUT2D eigenvalue weighted by atomic mass is 79.9. The number of hydrogen-bond donors (Lipinski definition) is 0. The number of nitrogens with zero attached hydrogens (tertiary/aromatic N) is 2. The zero-order valence-corrected chi connectivity index (χ0v) is 10.5. The summed E-state index contributed by atoms with van der Waals surface area (Å²) in [7, 11) is 0. The molecule has 2 heterocycles. The molecule has 1 aliphatic rings. The molecule has 1 fully saturated rings. The molecule has 0 bridgehead atoms. The predicted octanol–water partition coefficient (Wildman–Crippen LogP) is 2.38. The normalized spacial score (nSPS) is 21.4. The molecule has 0 spiro atoms. The molecule has 0 N–H and O–H groups in total. The third-order valence-electron chi connectivity index (χ3n) is 2.44. The van der Waals surface area contributed by atoms with Crippen molar-refractivity contribution in [2.24, 2.45) is 5.92 Å². The number of alkyl halides is 1. The molecule has 1 atom stereocenters. The Labute approximate surface area is 101 Å². The summed E-state index contributed by atoms with van der Waals surface area (Å²) in [5.74, 6) is 0.735. The highest BCUT2D eigenvalue weighted by molar-refractivity contribution is 9.09. The molecule has 1 saturated heterocycles. The van der Waals surface area contributed by atoms with Gasteiger partial charge in [-0.05, 0) is 12.8 Å². The fraction of sp³-hybridized carbons (Fsp3) is 0.556. The molecule has 6 heteroatoms. The number of carbonyl (C=O) groups is 1. The first kappa shape index (κ1) is 11.0. The second-order valence-electron chi connectivity index (χ2n) is 3.62. The third kappa shape index (κ3) is 1.90. The second-order valence-corrected chi connectivity index (χ2v) is 4.64. The molecule has 4 nitrogen and oxygen atoms in total. The zero-order chi connectivity index (χ0) is 11.0. The van der Waals surface area contributed by atoms with Gasteiger partial charge in [0.1, 0.15) is 10.7 Å². The maximum atomic E-state index is 11.7. The van der Waals surface area contributed by atoms with Crippen molar-refractivity contribution >= 4 is 39.3 Å². The van der Waals surface area contributed by atoms with E-state index in [-0.39, 0.29) is 5.91 Å². The summed E-state index contributed by atoms with van der Waals surface area (Å²) < 4.78 is 5.05. The smallest absolute Gasteiger partial charge is 0.252 e. The SMILES string of the molecule is Cc1noc(N2CC(CBr)CC2=O)c1Cl. The molecule has 1 aromatic heterocycles. The van der Waals surface area contributed by atoms with Gasteiger partial charge in [-0.1, -0.05) is 32.7 Å². The summed E-state index contributed by atoms with van der Waals surface area (Å²) in [6, 6.07) is 0. The van der Waals surface area contributed by atoms with Crippen LogP contribution < -0.4 is 4.90 Å². The van der Waals surface area contributed by atoms with E-state index >= 15 is 0 Å². The average molecular weight is 294 g/mol. The molecule has 1 amide bonds. The van der Waals surface area contributed by atoms with Gasteiger partial charge in [-0.2, -0.15) is 0 Å². The van der Waals surface area contributed by atoms with E-state index in [9.17, 15) is 4.79 Å². The van der Waals surface area contributed by atoms with Crippen molar-refractivity contribution in [3.05, 3.63) is 10.7 Å². The maximum absolute atomic E-state index is 11.7. The van der Waals surface area contributed by atoms with E-state index < -0.39 is 0 Å². The van der Waals surface area contributed by atoms with Crippen LogP contribution in [0, 0.1) is 12.8 Å². The van der Waals surface area contributed by atoms with Gasteiger partial charge in [-0.3, -0.25) is 9.69 Å². The van der Waals surface area contributed by atoms with E-state index in [0.717, 1.165) is 5.33 Å². The van der Waals surface area contributed by atoms with E-state index in [1.807, 2.05) is 0 Å². The minimum Gasteiger partial charge on any atom is -0.336 e. The van der Waals surface area contributed by atoms with Crippen molar-refractivity contribution in [3.63, 3.8) is 0 Å². The number of aryl methyl sites for hydroxylation is 1. The number of carbonyl (C=O) groups excluding carboxylic acids is 1. The van der Waals surface area contributed by atoms with Crippen LogP contribution >= 0.6 is 27.5 Å². The van der Waals surface area contributed by atoms with E-state index in [2.05, 4.69) is 21.1 Å². The Hall–Kier alpha value is -0.550. The molecular weight excluding hydrogens is 283 g/mol. The Balaban J connectivity index is 2.25. The Bertz CT molecular complexity index is 393. The number of hydrogen-bond acceptors (Lipinski definition) is 3. The van der Waals surface area contributed by atoms with Crippen molar-refractivity contribution in [3.8, 4) is 0 Å². The fourth-order valence-electron chi connectivity index (χ4n) is 1.60. The van der Waals surface area contributed by atoms with Crippen LogP contribution in [0.3, 0.4) is 0 Å². The average Bonchev–Trinajstić information content (AvgIpc) is 2.73. The van der Waals surface area contributed by atoms with Crippen LogP contribution in [0.5, 0.6) is 0 Å². The van der Waals surface area contributed by atoms with Gasteiger partial charge in [-0.25, -0.2) is 0 Å². The number of rotatable bonds is 2. The Kier molecular flexibility index (Phi) is 3.02. The molecule has 15 heavy (non-hydrogen) atoms. The van der Waals surface area contributed by atoms with Crippen LogP contribution in [0.2, 0.25) is 5.02 Å². The second kappa shape index (κ2) is 4.14. The minimum atomic E-state index is 0.0394. The number of halogens is 2. The first-order chi connectivity index (χ1) is 7.13. The lowest BCUT2D eigenvalue weighted by Crippen LogP contribution is -2.24. The molecule has 0 radical (unpaired) electrons. The van der Waals surface area contributed by atoms with Gasteiger partial charge >= 0.3 is 0 Å². The van der Waals surface area contributed by atoms with Crippen molar-refractivity contribution in [2.45, 2.75) is 13.3 Å². The Morgan fingerprint density at radius 2 is 2.47 bits per heavy atom. The van der Waals surface area contributed by atoms with Crippen molar-refractivity contribution < 1.29 is 9.32 Å². The maximum Gasteiger partial charge on any atom is 0.252 e. The van der Waals surface area contributed by atoms with Crippen LogP contribution in [0.15, 0.2) is 4.52 Å². The summed E-state index contributed by atoms with van der Waals surface area (Å²) in [6.45, 7) is 2.39. The lowest BCUT2D eigenvalue weighted by molar-refractivity contribution is -0.117. The van der Waals surface area contributed by atoms with E-state index in [4.69, 9.17) is 16.1 Å². The van der Waals surface area contributed by atoms with Crippen molar-refractivity contribution in [2.75, 3.05) is 16.8 Å². The monoisotopic (exact) mass is 292 g/mol. The Morgan fingerprint density at radius 1 is 1.73 bits per heavy atom. The van der Waals surface area contributed by atoms with E-state index in [1.165, 1.54) is 0 Å². The summed E-state index contributed by atoms with van der Waals surface area (Å²) >= 11 is 9.35. The first-order valence-electron chi connectivity index (χ1n) is 4.61. The van der Waals surface area contributed by atoms with Crippen molar-refractivity contribution in [1.82, 2.24) is 5.16 Å². The molecular formula is C9H10BrClN2O2. The molecule has 1 unspecified atom stereocenters. The molecule has 0 aromatic carbocycles. The van der Waals surface area contributed by atoms with Gasteiger partial charge < -0.3 is 4.52 Å². The Morgan fingerprint density at radius 3 is 2.93 bits per heavy atom. The molecule has 1 aliphatic heterocycles. The van der Waals surface area contributed by atoms with Crippen LogP contribution in [0.25, 0.3) is 0 Å². The zero-order valence-electron chi connectivity index (χ0n) is 8.17. The summed E-state index contributed by atoms with van der Waals surface area (Å²) in [6.07, 6.45) is 0.529. The van der Waals surface area contributed by atoms with Gasteiger partial charge in [0.15, 0.2) is 0 Å². The first-order valence-corrected chi connectivity index (χ1v) is 6.11. The van der Waals surface area contributed by atoms with Crippen LogP contribution in [0.1, 0.15) is 12.1 Å². The quantitative estimate of drug-likeness (QED) is 0.787. The highest BCUT2D eigenvalue weighted by Crippen LogP contribution is 2.33. The molecule has 2 rings (SSSR count). The number of amides is 1. The minimum absolute atomic E-state index is 0.0394. The largest absolute Gasteiger partial charge is 0.336 e. The molecule has 1 aromatic rings. The van der Waals surface area contributed by atoms with Gasteiger partial charge in [0.05, 0.1) is 0 Å². The fourth-order valence-corrected chi connectivity index (χ4v) is 2.20. The van der Waals surface area contributed by atoms with Gasteiger partial charge in [0.25, 0.3) is 5.88 Å². The lowest BCUT2D eigenvalue weighted by Gasteiger charge is -2.11. The van der Waals surface area contributed by atoms with Crippen LogP contribution in [0.4, 0.5) is 5.88 Å². The number of aromatic nitrogens is 1. The lowest BCUT2D eigenvalue weighted by atomic mass is 10.2. The number of anilines is 1. The third-order valence-corrected chi connectivity index (χ3v) is 3.79. The summed E-state index contributed by atoms with van der Waals surface area (Å²) in [4.78, 5) is 13.2. The molecule has 82 valence electrons. The van der Waals surface area contributed by atoms with Gasteiger partial charge in [0, 0.05) is 18.3 Å². The topological polar surface area (TPSA) is 46.3 Å². The predicted molar refractivity (Wildman–Crippen MR) is 60.5 cm³/mol. The van der Waals surface area contributed by atoms with Gasteiger partial charge in [-0.15, -0.1) is 0 Å². The van der Waals surface area contributed by atoms with E-state index in [0.29, 0.717) is 35.5 Å². The van der Waals surface area contributed by atoms with Gasteiger partial charge in [0.2, 0.25) is 5.91 Å². The molecule has 0 aliphatic carbocycles. The van der Waals surface area contributed by atoms with Crippen LogP contribution in [-0.4, -0.2) is 22.9 Å². The standard InChI is InChI=1S/C9H10BrClN2O2/c1-5-8(11)9(15-12-5)13-4-6(3-10)2-7(13)14/h6H,2-4H2,1H3. The van der Waals surface area contributed by atoms with Crippen LogP contribution in [-0.2, 0) is 4.79 Å². The summed E-state index contributed by atoms with van der Waals surface area (Å²) in [5.41, 5.74) is 0.613. The van der Waals surface area contributed by atoms with E-state index in [1.54, 1.807) is 11.8 Å². The summed E-state index contributed by atoms with van der Waals surface area (Å²) in [5, 5.41) is 4.97. The molecule has 0 saturated carbocycles. The van der Waals surface area contributed by atoms with Crippen molar-refractivity contribution in [1.29, 1.82) is 0 Å².